The van der Waals surface area contributed by atoms with Crippen molar-refractivity contribution in [2.45, 2.75) is 28.6 Å². The summed E-state index contributed by atoms with van der Waals surface area (Å²) in [7, 11) is 0. The van der Waals surface area contributed by atoms with Crippen LogP contribution in [-0.4, -0.2) is 59.5 Å². The SMILES string of the molecule is O=C(O)[C@@]1(Br)O[C@@H](O)[C@H](O)[C@](O)(c2cc3ccccc3[nH]2)[C@@H]1O. The third-order valence-electron chi connectivity index (χ3n) is 4.03. The first kappa shape index (κ1) is 16.4. The van der Waals surface area contributed by atoms with Crippen molar-refractivity contribution in [3.63, 3.8) is 0 Å². The number of benzene rings is 1. The van der Waals surface area contributed by atoms with Crippen LogP contribution in [0.3, 0.4) is 0 Å². The number of carboxylic acids is 1. The number of aromatic nitrogens is 1. The van der Waals surface area contributed by atoms with Gasteiger partial charge in [0.05, 0.1) is 5.69 Å². The molecule has 5 atom stereocenters. The minimum atomic E-state index is -2.50. The minimum Gasteiger partial charge on any atom is -0.478 e. The van der Waals surface area contributed by atoms with Gasteiger partial charge in [-0.1, -0.05) is 18.2 Å². The van der Waals surface area contributed by atoms with Crippen LogP contribution in [0, 0.1) is 0 Å². The van der Waals surface area contributed by atoms with Crippen LogP contribution in [-0.2, 0) is 15.1 Å². The molecule has 1 fully saturated rings. The molecule has 8 nitrogen and oxygen atoms in total. The predicted octanol–water partition coefficient (Wildman–Crippen LogP) is -0.398. The molecule has 124 valence electrons. The number of aliphatic hydroxyl groups excluding tert-OH is 3. The lowest BCUT2D eigenvalue weighted by Gasteiger charge is -2.48. The minimum absolute atomic E-state index is 0.0499. The zero-order valence-electron chi connectivity index (χ0n) is 11.5. The second-order valence-corrected chi connectivity index (χ2v) is 6.58. The number of aliphatic hydroxyl groups is 4. The Morgan fingerprint density at radius 1 is 1.26 bits per heavy atom. The highest BCUT2D eigenvalue weighted by Crippen LogP contribution is 2.45. The summed E-state index contributed by atoms with van der Waals surface area (Å²) in [6.07, 6.45) is -6.13. The lowest BCUT2D eigenvalue weighted by molar-refractivity contribution is -0.327. The highest BCUT2D eigenvalue weighted by atomic mass is 79.9. The van der Waals surface area contributed by atoms with E-state index in [0.29, 0.717) is 10.9 Å². The Labute approximate surface area is 138 Å². The molecule has 1 aliphatic rings. The third kappa shape index (κ3) is 2.20. The number of hydrogen-bond donors (Lipinski definition) is 6. The summed E-state index contributed by atoms with van der Waals surface area (Å²) in [4.78, 5) is 14.2. The van der Waals surface area contributed by atoms with Gasteiger partial charge in [0.1, 0.15) is 12.2 Å². The van der Waals surface area contributed by atoms with Crippen molar-refractivity contribution in [2.24, 2.45) is 0 Å². The Morgan fingerprint density at radius 2 is 1.91 bits per heavy atom. The second-order valence-electron chi connectivity index (χ2n) is 5.40. The fraction of sp³-hybridized carbons (Fsp3) is 0.357. The molecule has 23 heavy (non-hydrogen) atoms. The van der Waals surface area contributed by atoms with E-state index in [1.807, 2.05) is 0 Å². The van der Waals surface area contributed by atoms with E-state index in [1.165, 1.54) is 6.07 Å². The number of halogens is 1. The number of aliphatic carboxylic acids is 1. The summed E-state index contributed by atoms with van der Waals surface area (Å²) in [5.74, 6) is -1.66. The van der Waals surface area contributed by atoms with Crippen LogP contribution < -0.4 is 0 Å². The standard InChI is InChI=1S/C14H14BrNO7/c15-14(12(20)21)11(19)13(22,9(17)10(18)23-14)8-5-6-3-1-2-4-7(6)16-8/h1-5,9-11,16-19,22H,(H,20,21)/t9-,10+,11-,13+,14-/m0/s1. The molecule has 0 bridgehead atoms. The van der Waals surface area contributed by atoms with Crippen molar-refractivity contribution < 1.29 is 35.1 Å². The van der Waals surface area contributed by atoms with Crippen molar-refractivity contribution in [1.82, 2.24) is 4.98 Å². The van der Waals surface area contributed by atoms with Crippen molar-refractivity contribution in [1.29, 1.82) is 0 Å². The Morgan fingerprint density at radius 3 is 2.52 bits per heavy atom. The normalized spacial score (nSPS) is 37.9. The van der Waals surface area contributed by atoms with Gasteiger partial charge >= 0.3 is 5.97 Å². The first-order chi connectivity index (χ1) is 10.7. The van der Waals surface area contributed by atoms with Crippen LogP contribution in [0.5, 0.6) is 0 Å². The number of H-pyrrole nitrogens is 1. The molecule has 0 radical (unpaired) electrons. The van der Waals surface area contributed by atoms with Crippen LogP contribution in [0.2, 0.25) is 0 Å². The van der Waals surface area contributed by atoms with E-state index < -0.39 is 34.6 Å². The monoisotopic (exact) mass is 387 g/mol. The van der Waals surface area contributed by atoms with Gasteiger partial charge in [0.25, 0.3) is 4.51 Å². The Kier molecular flexibility index (Phi) is 3.75. The molecule has 9 heteroatoms. The lowest BCUT2D eigenvalue weighted by atomic mass is 9.81. The summed E-state index contributed by atoms with van der Waals surface area (Å²) in [6, 6.07) is 8.38. The molecule has 1 aliphatic heterocycles. The first-order valence-corrected chi connectivity index (χ1v) is 7.45. The van der Waals surface area contributed by atoms with E-state index in [9.17, 15) is 30.3 Å². The zero-order valence-corrected chi connectivity index (χ0v) is 13.1. The van der Waals surface area contributed by atoms with Gasteiger partial charge < -0.3 is 35.3 Å². The smallest absolute Gasteiger partial charge is 0.350 e. The number of nitrogens with one attached hydrogen (secondary N) is 1. The molecule has 0 saturated carbocycles. The molecule has 0 spiro atoms. The van der Waals surface area contributed by atoms with Gasteiger partial charge in [-0.05, 0) is 33.4 Å². The average Bonchev–Trinajstić information content (AvgIpc) is 2.95. The topological polar surface area (TPSA) is 143 Å². The van der Waals surface area contributed by atoms with Crippen LogP contribution in [0.25, 0.3) is 10.9 Å². The number of carboxylic acid groups (broad SMARTS) is 1. The summed E-state index contributed by atoms with van der Waals surface area (Å²) in [5.41, 5.74) is -1.95. The summed E-state index contributed by atoms with van der Waals surface area (Å²) >= 11 is 2.69. The van der Waals surface area contributed by atoms with Crippen molar-refractivity contribution >= 4 is 32.8 Å². The second kappa shape index (κ2) is 5.26. The number of carbonyl (C=O) groups is 1. The Balaban J connectivity index is 2.17. The number of hydrogen-bond acceptors (Lipinski definition) is 6. The van der Waals surface area contributed by atoms with Crippen LogP contribution >= 0.6 is 15.9 Å². The third-order valence-corrected chi connectivity index (χ3v) is 4.99. The lowest BCUT2D eigenvalue weighted by Crippen LogP contribution is -2.70. The molecule has 3 rings (SSSR count). The molecular formula is C14H14BrNO7. The first-order valence-electron chi connectivity index (χ1n) is 6.66. The highest BCUT2D eigenvalue weighted by molar-refractivity contribution is 9.10. The number of para-hydroxylation sites is 1. The van der Waals surface area contributed by atoms with Gasteiger partial charge in [-0.2, -0.15) is 0 Å². The van der Waals surface area contributed by atoms with E-state index in [-0.39, 0.29) is 5.69 Å². The molecule has 2 heterocycles. The maximum atomic E-state index is 11.4. The van der Waals surface area contributed by atoms with Crippen molar-refractivity contribution in [2.75, 3.05) is 0 Å². The fourth-order valence-electron chi connectivity index (χ4n) is 2.73. The Bertz CT molecular complexity index is 731. The number of fused-ring (bicyclic) bond motifs is 1. The maximum Gasteiger partial charge on any atom is 0.350 e. The molecule has 1 saturated heterocycles. The van der Waals surface area contributed by atoms with Gasteiger partial charge in [0.15, 0.2) is 11.9 Å². The fourth-order valence-corrected chi connectivity index (χ4v) is 3.27. The van der Waals surface area contributed by atoms with Crippen LogP contribution in [0.1, 0.15) is 5.69 Å². The van der Waals surface area contributed by atoms with Crippen molar-refractivity contribution in [3.05, 3.63) is 36.0 Å². The van der Waals surface area contributed by atoms with Crippen molar-refractivity contribution in [3.8, 4) is 0 Å². The highest BCUT2D eigenvalue weighted by Gasteiger charge is 2.65. The van der Waals surface area contributed by atoms with Gasteiger partial charge in [-0.15, -0.1) is 0 Å². The molecule has 2 aromatic rings. The molecule has 1 aromatic carbocycles. The number of aromatic amines is 1. The van der Waals surface area contributed by atoms with Gasteiger partial charge in [-0.3, -0.25) is 0 Å². The van der Waals surface area contributed by atoms with E-state index in [4.69, 9.17) is 4.74 Å². The molecule has 0 aliphatic carbocycles. The van der Waals surface area contributed by atoms with Crippen LogP contribution in [0.4, 0.5) is 0 Å². The van der Waals surface area contributed by atoms with E-state index >= 15 is 0 Å². The van der Waals surface area contributed by atoms with Gasteiger partial charge in [0.2, 0.25) is 0 Å². The quantitative estimate of drug-likeness (QED) is 0.384. The number of alkyl halides is 1. The maximum absolute atomic E-state index is 11.4. The largest absolute Gasteiger partial charge is 0.478 e. The van der Waals surface area contributed by atoms with E-state index in [0.717, 1.165) is 0 Å². The predicted molar refractivity (Wildman–Crippen MR) is 80.6 cm³/mol. The molecule has 0 unspecified atom stereocenters. The van der Waals surface area contributed by atoms with E-state index in [1.54, 1.807) is 24.3 Å². The Hall–Kier alpha value is -1.49. The van der Waals surface area contributed by atoms with Gasteiger partial charge in [-0.25, -0.2) is 4.79 Å². The number of rotatable bonds is 2. The molecule has 1 aromatic heterocycles. The number of ether oxygens (including phenoxy) is 1. The van der Waals surface area contributed by atoms with Crippen LogP contribution in [0.15, 0.2) is 30.3 Å². The summed E-state index contributed by atoms with van der Waals surface area (Å²) < 4.78 is 2.26. The molecular weight excluding hydrogens is 374 g/mol. The summed E-state index contributed by atoms with van der Waals surface area (Å²) in [6.45, 7) is 0. The van der Waals surface area contributed by atoms with Gasteiger partial charge in [0, 0.05) is 5.52 Å². The average molecular weight is 388 g/mol. The van der Waals surface area contributed by atoms with E-state index in [2.05, 4.69) is 20.9 Å². The molecule has 0 amide bonds. The summed E-state index contributed by atoms with van der Waals surface area (Å²) in [5, 5.41) is 51.1. The zero-order chi connectivity index (χ0) is 17.0. The molecule has 6 N–H and O–H groups in total.